The van der Waals surface area contributed by atoms with Gasteiger partial charge in [-0.1, -0.05) is 0 Å². The largest absolute Gasteiger partial charge is 0.368 e. The maximum Gasteiger partial charge on any atom is 0.278 e. The van der Waals surface area contributed by atoms with Crippen molar-refractivity contribution in [2.45, 2.75) is 18.8 Å². The molecular formula is C9H13N5O. The molecule has 1 fully saturated rings. The second-order valence-corrected chi connectivity index (χ2v) is 4.14. The van der Waals surface area contributed by atoms with Crippen molar-refractivity contribution in [3.63, 3.8) is 0 Å². The van der Waals surface area contributed by atoms with E-state index in [1.807, 2.05) is 0 Å². The van der Waals surface area contributed by atoms with Gasteiger partial charge in [0.1, 0.15) is 5.82 Å². The summed E-state index contributed by atoms with van der Waals surface area (Å²) in [6, 6.07) is 0. The molecule has 6 heteroatoms. The summed E-state index contributed by atoms with van der Waals surface area (Å²) in [5.41, 5.74) is 6.14. The Bertz CT molecular complexity index is 472. The first-order valence-electron chi connectivity index (χ1n) is 5.11. The Labute approximate surface area is 86.5 Å². The fourth-order valence-corrected chi connectivity index (χ4v) is 2.53. The molecule has 1 aromatic rings. The number of nitrogen functional groups attached to an aromatic ring is 2. The van der Waals surface area contributed by atoms with Crippen molar-refractivity contribution in [3.05, 3.63) is 15.9 Å². The number of hydrogen-bond donors (Lipinski definition) is 2. The van der Waals surface area contributed by atoms with Gasteiger partial charge in [-0.05, 0) is 18.8 Å². The van der Waals surface area contributed by atoms with Crippen LogP contribution < -0.4 is 22.0 Å². The van der Waals surface area contributed by atoms with Crippen molar-refractivity contribution in [3.8, 4) is 0 Å². The van der Waals surface area contributed by atoms with E-state index in [0.717, 1.165) is 42.0 Å². The number of rotatable bonds is 0. The van der Waals surface area contributed by atoms with Gasteiger partial charge in [-0.2, -0.15) is 9.66 Å². The molecule has 4 rings (SSSR count). The SMILES string of the molecule is Nc1nc2c(c(=O)n1N)C1CCN2CC1. The number of hydrogen-bond acceptors (Lipinski definition) is 5. The molecule has 0 aromatic carbocycles. The summed E-state index contributed by atoms with van der Waals surface area (Å²) in [5, 5.41) is 0. The molecule has 6 nitrogen and oxygen atoms in total. The molecule has 0 unspecified atom stereocenters. The van der Waals surface area contributed by atoms with E-state index >= 15 is 0 Å². The van der Waals surface area contributed by atoms with E-state index in [0.29, 0.717) is 5.92 Å². The van der Waals surface area contributed by atoms with E-state index in [4.69, 9.17) is 11.6 Å². The van der Waals surface area contributed by atoms with Crippen LogP contribution in [0.3, 0.4) is 0 Å². The van der Waals surface area contributed by atoms with Crippen molar-refractivity contribution in [2.24, 2.45) is 0 Å². The van der Waals surface area contributed by atoms with Gasteiger partial charge in [0.2, 0.25) is 5.95 Å². The fraction of sp³-hybridized carbons (Fsp3) is 0.556. The van der Waals surface area contributed by atoms with Crippen molar-refractivity contribution >= 4 is 11.8 Å². The van der Waals surface area contributed by atoms with Gasteiger partial charge in [0, 0.05) is 13.1 Å². The lowest BCUT2D eigenvalue weighted by molar-refractivity contribution is 0.461. The highest BCUT2D eigenvalue weighted by molar-refractivity contribution is 5.55. The van der Waals surface area contributed by atoms with Crippen molar-refractivity contribution in [1.29, 1.82) is 0 Å². The Morgan fingerprint density at radius 2 is 2.00 bits per heavy atom. The number of nitrogens with zero attached hydrogens (tertiary/aromatic N) is 3. The minimum absolute atomic E-state index is 0.0892. The molecule has 4 heterocycles. The molecule has 1 aromatic heterocycles. The van der Waals surface area contributed by atoms with E-state index in [9.17, 15) is 4.79 Å². The molecule has 80 valence electrons. The van der Waals surface area contributed by atoms with Gasteiger partial charge in [-0.25, -0.2) is 0 Å². The van der Waals surface area contributed by atoms with Gasteiger partial charge in [-0.15, -0.1) is 0 Å². The average molecular weight is 207 g/mol. The summed E-state index contributed by atoms with van der Waals surface area (Å²) in [6.45, 7) is 1.94. The van der Waals surface area contributed by atoms with Crippen molar-refractivity contribution < 1.29 is 0 Å². The first-order valence-corrected chi connectivity index (χ1v) is 5.11. The van der Waals surface area contributed by atoms with Crippen LogP contribution in [0.25, 0.3) is 0 Å². The van der Waals surface area contributed by atoms with Gasteiger partial charge in [0.05, 0.1) is 5.56 Å². The van der Waals surface area contributed by atoms with E-state index in [1.165, 1.54) is 0 Å². The van der Waals surface area contributed by atoms with Crippen LogP contribution in [-0.2, 0) is 0 Å². The molecule has 0 saturated carbocycles. The predicted molar refractivity (Wildman–Crippen MR) is 57.2 cm³/mol. The quantitative estimate of drug-likeness (QED) is 0.545. The van der Waals surface area contributed by atoms with E-state index in [-0.39, 0.29) is 11.5 Å². The van der Waals surface area contributed by atoms with Crippen LogP contribution in [-0.4, -0.2) is 22.7 Å². The smallest absolute Gasteiger partial charge is 0.278 e. The third kappa shape index (κ3) is 0.986. The Morgan fingerprint density at radius 3 is 2.67 bits per heavy atom. The highest BCUT2D eigenvalue weighted by Crippen LogP contribution is 2.38. The molecule has 15 heavy (non-hydrogen) atoms. The summed E-state index contributed by atoms with van der Waals surface area (Å²) in [5.74, 6) is 6.70. The first kappa shape index (κ1) is 8.58. The lowest BCUT2D eigenvalue weighted by atomic mass is 9.85. The molecule has 0 spiro atoms. The van der Waals surface area contributed by atoms with Crippen LogP contribution in [0, 0.1) is 0 Å². The number of aromatic nitrogens is 2. The third-order valence-electron chi connectivity index (χ3n) is 3.36. The molecule has 2 bridgehead atoms. The molecule has 3 aliphatic heterocycles. The number of nitrogens with two attached hydrogens (primary N) is 2. The van der Waals surface area contributed by atoms with Crippen LogP contribution in [0.2, 0.25) is 0 Å². The van der Waals surface area contributed by atoms with Gasteiger partial charge in [0.25, 0.3) is 5.56 Å². The maximum absolute atomic E-state index is 11.9. The Kier molecular flexibility index (Phi) is 1.52. The van der Waals surface area contributed by atoms with Gasteiger partial charge >= 0.3 is 0 Å². The second-order valence-electron chi connectivity index (χ2n) is 4.14. The van der Waals surface area contributed by atoms with Crippen LogP contribution in [0.4, 0.5) is 11.8 Å². The summed E-state index contributed by atoms with van der Waals surface area (Å²) < 4.78 is 0.945. The van der Waals surface area contributed by atoms with E-state index in [1.54, 1.807) is 0 Å². The van der Waals surface area contributed by atoms with E-state index in [2.05, 4.69) is 9.88 Å². The highest BCUT2D eigenvalue weighted by Gasteiger charge is 2.35. The zero-order chi connectivity index (χ0) is 10.6. The minimum Gasteiger partial charge on any atom is -0.368 e. The van der Waals surface area contributed by atoms with Gasteiger partial charge in [-0.3, -0.25) is 4.79 Å². The summed E-state index contributed by atoms with van der Waals surface area (Å²) >= 11 is 0. The van der Waals surface area contributed by atoms with Crippen LogP contribution in [0.5, 0.6) is 0 Å². The van der Waals surface area contributed by atoms with Gasteiger partial charge in [0.15, 0.2) is 0 Å². The normalized spacial score (nSPS) is 19.3. The Hall–Kier alpha value is -1.72. The monoisotopic (exact) mass is 207 g/mol. The lowest BCUT2D eigenvalue weighted by Crippen LogP contribution is -2.45. The van der Waals surface area contributed by atoms with Crippen molar-refractivity contribution in [2.75, 3.05) is 29.6 Å². The van der Waals surface area contributed by atoms with Crippen LogP contribution >= 0.6 is 0 Å². The Balaban J connectivity index is 2.32. The van der Waals surface area contributed by atoms with Gasteiger partial charge < -0.3 is 16.5 Å². The highest BCUT2D eigenvalue weighted by atomic mass is 16.1. The molecule has 1 saturated heterocycles. The molecule has 4 N–H and O–H groups in total. The van der Waals surface area contributed by atoms with E-state index < -0.39 is 0 Å². The standard InChI is InChI=1S/C9H13N5O/c10-9-12-7-6(8(15)14(9)11)5-1-3-13(7)4-2-5/h5H,1-4,11H2,(H2,10,12). The van der Waals surface area contributed by atoms with Crippen molar-refractivity contribution in [1.82, 2.24) is 9.66 Å². The molecule has 0 radical (unpaired) electrons. The molecule has 0 atom stereocenters. The van der Waals surface area contributed by atoms with Crippen LogP contribution in [0.1, 0.15) is 24.3 Å². The topological polar surface area (TPSA) is 90.2 Å². The molecular weight excluding hydrogens is 194 g/mol. The summed E-state index contributed by atoms with van der Waals surface area (Å²) in [6.07, 6.45) is 2.04. The molecule has 3 aliphatic rings. The zero-order valence-electron chi connectivity index (χ0n) is 8.31. The number of piperidine rings is 1. The maximum atomic E-state index is 11.9. The minimum atomic E-state index is -0.188. The zero-order valence-corrected chi connectivity index (χ0v) is 8.31. The summed E-state index contributed by atoms with van der Waals surface area (Å²) in [7, 11) is 0. The first-order chi connectivity index (χ1) is 7.18. The third-order valence-corrected chi connectivity index (χ3v) is 3.36. The van der Waals surface area contributed by atoms with Crippen LogP contribution in [0.15, 0.2) is 4.79 Å². The lowest BCUT2D eigenvalue weighted by Gasteiger charge is -2.40. The molecule has 0 amide bonds. The molecule has 0 aliphatic carbocycles. The average Bonchev–Trinajstić information content (AvgIpc) is 2.27. The second kappa shape index (κ2) is 2.65. The number of fused-ring (bicyclic) bond motifs is 2. The predicted octanol–water partition coefficient (Wildman–Crippen LogP) is -0.763. The summed E-state index contributed by atoms with van der Waals surface area (Å²) in [4.78, 5) is 18.2. The Morgan fingerprint density at radius 1 is 1.33 bits per heavy atom. The number of anilines is 2. The fourth-order valence-electron chi connectivity index (χ4n) is 2.53.